The second-order valence-electron chi connectivity index (χ2n) is 5.08. The number of nitrogens with zero attached hydrogens (tertiary/aromatic N) is 2. The van der Waals surface area contributed by atoms with Crippen molar-refractivity contribution < 1.29 is 14.6 Å². The molecule has 20 heavy (non-hydrogen) atoms. The van der Waals surface area contributed by atoms with Crippen molar-refractivity contribution in [3.05, 3.63) is 46.8 Å². The lowest BCUT2D eigenvalue weighted by molar-refractivity contribution is 0.0695. The van der Waals surface area contributed by atoms with Crippen molar-refractivity contribution in [2.45, 2.75) is 26.3 Å². The predicted molar refractivity (Wildman–Crippen MR) is 73.3 cm³/mol. The highest BCUT2D eigenvalue weighted by atomic mass is 16.5. The van der Waals surface area contributed by atoms with E-state index in [0.717, 1.165) is 11.3 Å². The zero-order valence-corrected chi connectivity index (χ0v) is 11.5. The maximum absolute atomic E-state index is 11.2. The summed E-state index contributed by atoms with van der Waals surface area (Å²) in [4.78, 5) is 11.2. The Morgan fingerprint density at radius 1 is 1.45 bits per heavy atom. The van der Waals surface area contributed by atoms with Crippen LogP contribution in [0, 0.1) is 13.8 Å². The number of rotatable bonds is 3. The van der Waals surface area contributed by atoms with Gasteiger partial charge in [-0.25, -0.2) is 4.79 Å². The number of carboxylic acid groups (broad SMARTS) is 1. The van der Waals surface area contributed by atoms with Crippen LogP contribution in [0.25, 0.3) is 0 Å². The summed E-state index contributed by atoms with van der Waals surface area (Å²) in [6.07, 6.45) is 0. The van der Waals surface area contributed by atoms with Crippen molar-refractivity contribution >= 4 is 5.97 Å². The van der Waals surface area contributed by atoms with Gasteiger partial charge in [-0.3, -0.25) is 4.68 Å². The molecular formula is C15H16N2O3. The fourth-order valence-corrected chi connectivity index (χ4v) is 2.77. The van der Waals surface area contributed by atoms with Gasteiger partial charge in [-0.1, -0.05) is 18.2 Å². The molecule has 1 aromatic carbocycles. The SMILES string of the molecule is Cc1nn(CC2COc3ccccc32)c(C)c1C(=O)O. The van der Waals surface area contributed by atoms with Crippen LogP contribution in [0.2, 0.25) is 0 Å². The van der Waals surface area contributed by atoms with Crippen molar-refractivity contribution in [1.82, 2.24) is 9.78 Å². The summed E-state index contributed by atoms with van der Waals surface area (Å²) in [7, 11) is 0. The van der Waals surface area contributed by atoms with Gasteiger partial charge in [0.2, 0.25) is 0 Å². The van der Waals surface area contributed by atoms with Gasteiger partial charge in [0.15, 0.2) is 0 Å². The van der Waals surface area contributed by atoms with Crippen LogP contribution < -0.4 is 4.74 Å². The van der Waals surface area contributed by atoms with Crippen molar-refractivity contribution in [3.63, 3.8) is 0 Å². The van der Waals surface area contributed by atoms with Crippen molar-refractivity contribution in [3.8, 4) is 5.75 Å². The number of benzene rings is 1. The van der Waals surface area contributed by atoms with E-state index in [0.29, 0.717) is 30.1 Å². The molecule has 1 unspecified atom stereocenters. The van der Waals surface area contributed by atoms with Gasteiger partial charge in [0.25, 0.3) is 0 Å². The Hall–Kier alpha value is -2.30. The average molecular weight is 272 g/mol. The van der Waals surface area contributed by atoms with Crippen LogP contribution in [0.5, 0.6) is 5.75 Å². The number of aromatic nitrogens is 2. The fourth-order valence-electron chi connectivity index (χ4n) is 2.77. The number of aromatic carboxylic acids is 1. The number of para-hydroxylation sites is 1. The number of aryl methyl sites for hydroxylation is 1. The topological polar surface area (TPSA) is 64.4 Å². The van der Waals surface area contributed by atoms with Gasteiger partial charge in [-0.15, -0.1) is 0 Å². The Morgan fingerprint density at radius 2 is 2.20 bits per heavy atom. The van der Waals surface area contributed by atoms with Gasteiger partial charge >= 0.3 is 5.97 Å². The molecule has 0 saturated heterocycles. The summed E-state index contributed by atoms with van der Waals surface area (Å²) >= 11 is 0. The maximum atomic E-state index is 11.2. The highest BCUT2D eigenvalue weighted by Gasteiger charge is 2.26. The van der Waals surface area contributed by atoms with Crippen LogP contribution in [0.15, 0.2) is 24.3 Å². The van der Waals surface area contributed by atoms with E-state index in [1.807, 2.05) is 18.2 Å². The first-order valence-electron chi connectivity index (χ1n) is 6.57. The summed E-state index contributed by atoms with van der Waals surface area (Å²) in [5.74, 6) is 0.206. The summed E-state index contributed by atoms with van der Waals surface area (Å²) in [6.45, 7) is 4.77. The number of fused-ring (bicyclic) bond motifs is 1. The van der Waals surface area contributed by atoms with Gasteiger partial charge in [0.05, 0.1) is 24.5 Å². The van der Waals surface area contributed by atoms with Crippen LogP contribution in [-0.2, 0) is 6.54 Å². The van der Waals surface area contributed by atoms with Gasteiger partial charge in [0, 0.05) is 11.5 Å². The summed E-state index contributed by atoms with van der Waals surface area (Å²) in [5.41, 5.74) is 2.72. The van der Waals surface area contributed by atoms with E-state index in [-0.39, 0.29) is 5.92 Å². The third-order valence-electron chi connectivity index (χ3n) is 3.79. The summed E-state index contributed by atoms with van der Waals surface area (Å²) in [6, 6.07) is 7.95. The second kappa shape index (κ2) is 4.67. The number of carboxylic acids is 1. The lowest BCUT2D eigenvalue weighted by atomic mass is 10.0. The van der Waals surface area contributed by atoms with E-state index in [1.54, 1.807) is 18.5 Å². The lowest BCUT2D eigenvalue weighted by Gasteiger charge is -2.10. The molecular weight excluding hydrogens is 256 g/mol. The van der Waals surface area contributed by atoms with Crippen LogP contribution in [-0.4, -0.2) is 27.5 Å². The van der Waals surface area contributed by atoms with Gasteiger partial charge in [-0.05, 0) is 19.9 Å². The largest absolute Gasteiger partial charge is 0.493 e. The first kappa shape index (κ1) is 12.7. The molecule has 0 saturated carbocycles. The molecule has 104 valence electrons. The minimum absolute atomic E-state index is 0.214. The smallest absolute Gasteiger partial charge is 0.339 e. The molecule has 1 atom stereocenters. The molecule has 2 aromatic rings. The minimum Gasteiger partial charge on any atom is -0.493 e. The van der Waals surface area contributed by atoms with Gasteiger partial charge in [0.1, 0.15) is 11.3 Å². The quantitative estimate of drug-likeness (QED) is 0.931. The van der Waals surface area contributed by atoms with E-state index < -0.39 is 5.97 Å². The van der Waals surface area contributed by atoms with Crippen LogP contribution in [0.3, 0.4) is 0 Å². The van der Waals surface area contributed by atoms with Crippen molar-refractivity contribution in [2.24, 2.45) is 0 Å². The Kier molecular flexibility index (Phi) is 2.97. The van der Waals surface area contributed by atoms with Crippen LogP contribution >= 0.6 is 0 Å². The Labute approximate surface area is 116 Å². The standard InChI is InChI=1S/C15H16N2O3/c1-9-14(15(18)19)10(2)17(16-9)7-11-8-20-13-6-4-3-5-12(11)13/h3-6,11H,7-8H2,1-2H3,(H,18,19). The number of carbonyl (C=O) groups is 1. The predicted octanol–water partition coefficient (Wildman–Crippen LogP) is 2.37. The molecule has 5 heteroatoms. The molecule has 2 heterocycles. The Morgan fingerprint density at radius 3 is 2.90 bits per heavy atom. The molecule has 1 N–H and O–H groups in total. The van der Waals surface area contributed by atoms with Gasteiger partial charge in [-0.2, -0.15) is 5.10 Å². The highest BCUT2D eigenvalue weighted by Crippen LogP contribution is 2.34. The molecule has 0 fully saturated rings. The highest BCUT2D eigenvalue weighted by molar-refractivity contribution is 5.90. The van der Waals surface area contributed by atoms with E-state index >= 15 is 0 Å². The fraction of sp³-hybridized carbons (Fsp3) is 0.333. The molecule has 0 bridgehead atoms. The maximum Gasteiger partial charge on any atom is 0.339 e. The first-order valence-corrected chi connectivity index (χ1v) is 6.57. The average Bonchev–Trinajstić information content (AvgIpc) is 2.93. The normalized spacial score (nSPS) is 16.8. The Bertz CT molecular complexity index is 676. The molecule has 0 aliphatic carbocycles. The van der Waals surface area contributed by atoms with Crippen molar-refractivity contribution in [1.29, 1.82) is 0 Å². The van der Waals surface area contributed by atoms with Crippen LogP contribution in [0.1, 0.15) is 33.2 Å². The van der Waals surface area contributed by atoms with Crippen molar-refractivity contribution in [2.75, 3.05) is 6.61 Å². The van der Waals surface area contributed by atoms with E-state index in [2.05, 4.69) is 11.2 Å². The third-order valence-corrected chi connectivity index (χ3v) is 3.79. The minimum atomic E-state index is -0.922. The molecule has 3 rings (SSSR count). The molecule has 0 spiro atoms. The van der Waals surface area contributed by atoms with E-state index in [1.165, 1.54) is 0 Å². The van der Waals surface area contributed by atoms with Crippen LogP contribution in [0.4, 0.5) is 0 Å². The molecule has 0 radical (unpaired) electrons. The zero-order chi connectivity index (χ0) is 14.3. The summed E-state index contributed by atoms with van der Waals surface area (Å²) < 4.78 is 7.42. The Balaban J connectivity index is 1.90. The monoisotopic (exact) mass is 272 g/mol. The molecule has 5 nitrogen and oxygen atoms in total. The molecule has 1 aromatic heterocycles. The number of hydrogen-bond donors (Lipinski definition) is 1. The third kappa shape index (κ3) is 1.95. The molecule has 0 amide bonds. The molecule has 1 aliphatic heterocycles. The zero-order valence-electron chi connectivity index (χ0n) is 11.5. The first-order chi connectivity index (χ1) is 9.58. The van der Waals surface area contributed by atoms with Gasteiger partial charge < -0.3 is 9.84 Å². The van der Waals surface area contributed by atoms with E-state index in [9.17, 15) is 9.90 Å². The number of hydrogen-bond acceptors (Lipinski definition) is 3. The second-order valence-corrected chi connectivity index (χ2v) is 5.08. The molecule has 1 aliphatic rings. The summed E-state index contributed by atoms with van der Waals surface area (Å²) in [5, 5.41) is 13.5. The number of ether oxygens (including phenoxy) is 1. The lowest BCUT2D eigenvalue weighted by Crippen LogP contribution is -2.13. The van der Waals surface area contributed by atoms with E-state index in [4.69, 9.17) is 4.74 Å².